The molecule has 0 fully saturated rings. The average Bonchev–Trinajstić information content (AvgIpc) is 2.30. The van der Waals surface area contributed by atoms with Crippen molar-refractivity contribution in [3.63, 3.8) is 0 Å². The maximum atomic E-state index is 13.4. The maximum absolute atomic E-state index is 13.4. The Morgan fingerprint density at radius 2 is 1.88 bits per heavy atom. The summed E-state index contributed by atoms with van der Waals surface area (Å²) in [5.74, 6) is -3.60. The zero-order chi connectivity index (χ0) is 13.2. The summed E-state index contributed by atoms with van der Waals surface area (Å²) in [7, 11) is 0. The Morgan fingerprint density at radius 3 is 2.41 bits per heavy atom. The van der Waals surface area contributed by atoms with Crippen molar-refractivity contribution in [1.82, 2.24) is 0 Å². The molecule has 0 radical (unpaired) electrons. The Morgan fingerprint density at radius 1 is 1.29 bits per heavy atom. The van der Waals surface area contributed by atoms with E-state index >= 15 is 0 Å². The molecule has 96 valence electrons. The van der Waals surface area contributed by atoms with Crippen molar-refractivity contribution in [2.24, 2.45) is 11.7 Å². The Kier molecular flexibility index (Phi) is 4.54. The van der Waals surface area contributed by atoms with Crippen molar-refractivity contribution in [3.8, 4) is 0 Å². The van der Waals surface area contributed by atoms with Crippen molar-refractivity contribution in [2.75, 3.05) is 0 Å². The van der Waals surface area contributed by atoms with Gasteiger partial charge >= 0.3 is 0 Å². The third-order valence-corrected chi connectivity index (χ3v) is 2.98. The third-order valence-electron chi connectivity index (χ3n) is 2.98. The second-order valence-corrected chi connectivity index (χ2v) is 4.19. The van der Waals surface area contributed by atoms with E-state index in [1.54, 1.807) is 6.92 Å². The van der Waals surface area contributed by atoms with Crippen molar-refractivity contribution in [1.29, 1.82) is 0 Å². The van der Waals surface area contributed by atoms with Gasteiger partial charge in [-0.3, -0.25) is 0 Å². The van der Waals surface area contributed by atoms with Gasteiger partial charge in [-0.2, -0.15) is 0 Å². The predicted molar refractivity (Wildman–Crippen MR) is 58.7 cm³/mol. The molecular weight excluding hydrogens is 231 g/mol. The Labute approximate surface area is 98.3 Å². The first-order valence-corrected chi connectivity index (χ1v) is 5.46. The average molecular weight is 247 g/mol. The summed E-state index contributed by atoms with van der Waals surface area (Å²) in [4.78, 5) is 0. The van der Waals surface area contributed by atoms with E-state index in [1.165, 1.54) is 0 Å². The topological polar surface area (TPSA) is 46.2 Å². The van der Waals surface area contributed by atoms with Crippen LogP contribution in [0.25, 0.3) is 0 Å². The molecule has 0 bridgehead atoms. The highest BCUT2D eigenvalue weighted by atomic mass is 19.2. The highest BCUT2D eigenvalue weighted by Crippen LogP contribution is 2.25. The van der Waals surface area contributed by atoms with E-state index in [0.717, 1.165) is 6.07 Å². The Hall–Kier alpha value is -1.07. The summed E-state index contributed by atoms with van der Waals surface area (Å²) in [6, 6.07) is 0.116. The number of hydrogen-bond donors (Lipinski definition) is 2. The minimum absolute atomic E-state index is 0.185. The second-order valence-electron chi connectivity index (χ2n) is 4.19. The number of rotatable bonds is 4. The number of hydrogen-bond acceptors (Lipinski definition) is 2. The van der Waals surface area contributed by atoms with Crippen LogP contribution in [0.1, 0.15) is 31.9 Å². The van der Waals surface area contributed by atoms with Crippen LogP contribution in [-0.4, -0.2) is 11.2 Å². The Bertz CT molecular complexity index is 398. The van der Waals surface area contributed by atoms with E-state index < -0.39 is 29.6 Å². The molecule has 5 heteroatoms. The summed E-state index contributed by atoms with van der Waals surface area (Å²) in [6.45, 7) is 3.57. The molecule has 0 heterocycles. The zero-order valence-corrected chi connectivity index (χ0v) is 9.75. The molecule has 3 N–H and O–H groups in total. The van der Waals surface area contributed by atoms with Gasteiger partial charge in [-0.1, -0.05) is 20.3 Å². The summed E-state index contributed by atoms with van der Waals surface area (Å²) in [6.07, 6.45) is -0.412. The second kappa shape index (κ2) is 5.51. The molecule has 0 aliphatic heterocycles. The van der Waals surface area contributed by atoms with E-state index in [9.17, 15) is 18.3 Å². The van der Waals surface area contributed by atoms with Crippen LogP contribution in [0.3, 0.4) is 0 Å². The molecule has 1 aromatic rings. The molecule has 0 aromatic heterocycles. The number of aliphatic hydroxyl groups excluding tert-OH is 1. The van der Waals surface area contributed by atoms with Crippen molar-refractivity contribution >= 4 is 0 Å². The lowest BCUT2D eigenvalue weighted by molar-refractivity contribution is 0.0864. The fraction of sp³-hybridized carbons (Fsp3) is 0.500. The first kappa shape index (κ1) is 14.0. The monoisotopic (exact) mass is 247 g/mol. The smallest absolute Gasteiger partial charge is 0.163 e. The standard InChI is InChI=1S/C12H16F3NO/c1-3-6(2)12(17)11(16)8-4-7(13)5-9(14)10(8)15/h4-6,11-12,17H,3,16H2,1-2H3/t6?,11-,12+/m0/s1. The molecule has 17 heavy (non-hydrogen) atoms. The largest absolute Gasteiger partial charge is 0.391 e. The quantitative estimate of drug-likeness (QED) is 0.803. The molecule has 2 nitrogen and oxygen atoms in total. The van der Waals surface area contributed by atoms with E-state index in [1.807, 2.05) is 6.92 Å². The lowest BCUT2D eigenvalue weighted by Gasteiger charge is -2.24. The fourth-order valence-electron chi connectivity index (χ4n) is 1.60. The number of benzene rings is 1. The molecule has 0 saturated carbocycles. The van der Waals surface area contributed by atoms with Gasteiger partial charge in [-0.05, 0) is 12.0 Å². The molecular formula is C12H16F3NO. The summed E-state index contributed by atoms with van der Waals surface area (Å²) >= 11 is 0. The van der Waals surface area contributed by atoms with Crippen molar-refractivity contribution in [3.05, 3.63) is 35.1 Å². The van der Waals surface area contributed by atoms with Crippen LogP contribution in [-0.2, 0) is 0 Å². The lowest BCUT2D eigenvalue weighted by Crippen LogP contribution is -2.32. The molecule has 1 unspecified atom stereocenters. The SMILES string of the molecule is CCC(C)[C@@H](O)[C@@H](N)c1cc(F)cc(F)c1F. The molecule has 1 aromatic carbocycles. The predicted octanol–water partition coefficient (Wildman–Crippen LogP) is 2.51. The minimum atomic E-state index is -1.30. The van der Waals surface area contributed by atoms with Gasteiger partial charge in [0.2, 0.25) is 0 Å². The Balaban J connectivity index is 3.07. The molecule has 3 atom stereocenters. The number of aliphatic hydroxyl groups is 1. The van der Waals surface area contributed by atoms with E-state index in [-0.39, 0.29) is 11.5 Å². The third kappa shape index (κ3) is 2.98. The normalized spacial score (nSPS) is 16.6. The van der Waals surface area contributed by atoms with Gasteiger partial charge < -0.3 is 10.8 Å². The van der Waals surface area contributed by atoms with Crippen LogP contribution >= 0.6 is 0 Å². The van der Waals surface area contributed by atoms with Crippen LogP contribution in [0, 0.1) is 23.4 Å². The first-order chi connectivity index (χ1) is 7.88. The molecule has 0 saturated heterocycles. The van der Waals surface area contributed by atoms with Gasteiger partial charge in [0.25, 0.3) is 0 Å². The van der Waals surface area contributed by atoms with Crippen molar-refractivity contribution in [2.45, 2.75) is 32.4 Å². The number of nitrogens with two attached hydrogens (primary N) is 1. The minimum Gasteiger partial charge on any atom is -0.391 e. The fourth-order valence-corrected chi connectivity index (χ4v) is 1.60. The highest BCUT2D eigenvalue weighted by Gasteiger charge is 2.26. The molecule has 0 aliphatic carbocycles. The van der Waals surface area contributed by atoms with E-state index in [0.29, 0.717) is 12.5 Å². The highest BCUT2D eigenvalue weighted by molar-refractivity contribution is 5.24. The lowest BCUT2D eigenvalue weighted by atomic mass is 9.91. The summed E-state index contributed by atoms with van der Waals surface area (Å²) in [5, 5.41) is 9.81. The van der Waals surface area contributed by atoms with Gasteiger partial charge in [-0.15, -0.1) is 0 Å². The maximum Gasteiger partial charge on any atom is 0.163 e. The van der Waals surface area contributed by atoms with Gasteiger partial charge in [0.05, 0.1) is 12.1 Å². The molecule has 0 spiro atoms. The van der Waals surface area contributed by atoms with Gasteiger partial charge in [0.15, 0.2) is 11.6 Å². The van der Waals surface area contributed by atoms with Crippen LogP contribution in [0.2, 0.25) is 0 Å². The van der Waals surface area contributed by atoms with Gasteiger partial charge in [0.1, 0.15) is 5.82 Å². The summed E-state index contributed by atoms with van der Waals surface area (Å²) in [5.41, 5.74) is 5.29. The molecule has 0 amide bonds. The molecule has 0 aliphatic rings. The van der Waals surface area contributed by atoms with Crippen molar-refractivity contribution < 1.29 is 18.3 Å². The van der Waals surface area contributed by atoms with Crippen LogP contribution in [0.5, 0.6) is 0 Å². The summed E-state index contributed by atoms with van der Waals surface area (Å²) < 4.78 is 39.4. The van der Waals surface area contributed by atoms with Gasteiger partial charge in [-0.25, -0.2) is 13.2 Å². The van der Waals surface area contributed by atoms with Crippen LogP contribution in [0.4, 0.5) is 13.2 Å². The van der Waals surface area contributed by atoms with Crippen LogP contribution < -0.4 is 5.73 Å². The van der Waals surface area contributed by atoms with E-state index in [4.69, 9.17) is 5.73 Å². The number of halogens is 3. The van der Waals surface area contributed by atoms with Crippen LogP contribution in [0.15, 0.2) is 12.1 Å². The van der Waals surface area contributed by atoms with E-state index in [2.05, 4.69) is 0 Å². The zero-order valence-electron chi connectivity index (χ0n) is 9.75. The first-order valence-electron chi connectivity index (χ1n) is 5.46. The molecule has 1 rings (SSSR count). The van der Waals surface area contributed by atoms with Gasteiger partial charge in [0, 0.05) is 11.6 Å².